The lowest BCUT2D eigenvalue weighted by Gasteiger charge is -2.32. The molecule has 1 saturated heterocycles. The summed E-state index contributed by atoms with van der Waals surface area (Å²) < 4.78 is 2.00. The molecule has 0 radical (unpaired) electrons. The van der Waals surface area contributed by atoms with Gasteiger partial charge in [0.25, 0.3) is 0 Å². The number of aryl methyl sites for hydroxylation is 2. The van der Waals surface area contributed by atoms with Crippen molar-refractivity contribution in [2.24, 2.45) is 7.05 Å². The van der Waals surface area contributed by atoms with E-state index < -0.39 is 0 Å². The normalized spacial score (nSPS) is 20.2. The molecule has 2 aromatic rings. The predicted molar refractivity (Wildman–Crippen MR) is 77.2 cm³/mol. The summed E-state index contributed by atoms with van der Waals surface area (Å²) in [5.74, 6) is 0.583. The zero-order chi connectivity index (χ0) is 13.9. The van der Waals surface area contributed by atoms with Crippen LogP contribution in [0, 0.1) is 6.92 Å². The third kappa shape index (κ3) is 2.88. The van der Waals surface area contributed by atoms with Gasteiger partial charge in [-0.1, -0.05) is 0 Å². The van der Waals surface area contributed by atoms with E-state index in [1.165, 1.54) is 18.5 Å². The Hall–Kier alpha value is -1.75. The van der Waals surface area contributed by atoms with Gasteiger partial charge in [-0.3, -0.25) is 9.58 Å². The van der Waals surface area contributed by atoms with Gasteiger partial charge in [-0.2, -0.15) is 5.10 Å². The molecule has 5 nitrogen and oxygen atoms in total. The molecule has 0 spiro atoms. The fourth-order valence-electron chi connectivity index (χ4n) is 3.05. The van der Waals surface area contributed by atoms with Crippen LogP contribution in [0.1, 0.15) is 35.8 Å². The summed E-state index contributed by atoms with van der Waals surface area (Å²) in [6.07, 6.45) is 6.04. The van der Waals surface area contributed by atoms with Gasteiger partial charge in [-0.05, 0) is 38.4 Å². The summed E-state index contributed by atoms with van der Waals surface area (Å²) in [6.45, 7) is 5.16. The maximum absolute atomic E-state index is 4.37. The van der Waals surface area contributed by atoms with Crippen molar-refractivity contribution in [3.8, 4) is 0 Å². The molecule has 0 aliphatic carbocycles. The highest BCUT2D eigenvalue weighted by Gasteiger charge is 2.23. The second-order valence-corrected chi connectivity index (χ2v) is 5.60. The number of nitrogens with zero attached hydrogens (tertiary/aromatic N) is 5. The van der Waals surface area contributed by atoms with Crippen LogP contribution in [-0.2, 0) is 13.6 Å². The largest absolute Gasteiger partial charge is 0.297 e. The number of hydrogen-bond donors (Lipinski definition) is 0. The fourth-order valence-corrected chi connectivity index (χ4v) is 3.05. The molecule has 3 heterocycles. The summed E-state index contributed by atoms with van der Waals surface area (Å²) in [5, 5.41) is 4.29. The van der Waals surface area contributed by atoms with Gasteiger partial charge in [0.1, 0.15) is 6.33 Å². The van der Waals surface area contributed by atoms with Gasteiger partial charge in [-0.15, -0.1) is 0 Å². The quantitative estimate of drug-likeness (QED) is 0.855. The summed E-state index contributed by atoms with van der Waals surface area (Å²) in [5.41, 5.74) is 3.49. The Morgan fingerprint density at radius 2 is 2.25 bits per heavy atom. The molecule has 106 valence electrons. The van der Waals surface area contributed by atoms with Gasteiger partial charge in [0.05, 0.1) is 5.69 Å². The van der Waals surface area contributed by atoms with E-state index in [4.69, 9.17) is 0 Å². The number of rotatable bonds is 3. The third-order valence-electron chi connectivity index (χ3n) is 4.03. The van der Waals surface area contributed by atoms with Gasteiger partial charge in [0, 0.05) is 43.6 Å². The lowest BCUT2D eigenvalue weighted by molar-refractivity contribution is 0.194. The molecule has 0 amide bonds. The average molecular weight is 271 g/mol. The van der Waals surface area contributed by atoms with Crippen molar-refractivity contribution in [3.63, 3.8) is 0 Å². The topological polar surface area (TPSA) is 46.8 Å². The predicted octanol–water partition coefficient (Wildman–Crippen LogP) is 1.90. The van der Waals surface area contributed by atoms with Crippen molar-refractivity contribution >= 4 is 0 Å². The Bertz CT molecular complexity index is 577. The Kier molecular flexibility index (Phi) is 3.78. The SMILES string of the molecule is Cc1cc(CN2CCCC(c3ccnn3C)C2)ncn1. The Labute approximate surface area is 119 Å². The van der Waals surface area contributed by atoms with Crippen molar-refractivity contribution in [2.45, 2.75) is 32.2 Å². The molecule has 3 rings (SSSR count). The minimum atomic E-state index is 0.583. The lowest BCUT2D eigenvalue weighted by Crippen LogP contribution is -2.34. The molecule has 0 aromatic carbocycles. The summed E-state index contributed by atoms with van der Waals surface area (Å²) in [6, 6.07) is 4.22. The molecule has 0 saturated carbocycles. The van der Waals surface area contributed by atoms with E-state index in [9.17, 15) is 0 Å². The van der Waals surface area contributed by atoms with Crippen molar-refractivity contribution in [1.29, 1.82) is 0 Å². The first kappa shape index (κ1) is 13.2. The molecule has 20 heavy (non-hydrogen) atoms. The highest BCUT2D eigenvalue weighted by Crippen LogP contribution is 2.26. The summed E-state index contributed by atoms with van der Waals surface area (Å²) in [7, 11) is 2.03. The molecular formula is C15H21N5. The number of hydrogen-bond acceptors (Lipinski definition) is 4. The molecular weight excluding hydrogens is 250 g/mol. The first-order valence-electron chi connectivity index (χ1n) is 7.20. The van der Waals surface area contributed by atoms with Crippen LogP contribution in [0.15, 0.2) is 24.7 Å². The maximum atomic E-state index is 4.37. The van der Waals surface area contributed by atoms with Gasteiger partial charge < -0.3 is 0 Å². The van der Waals surface area contributed by atoms with Crippen LogP contribution < -0.4 is 0 Å². The second kappa shape index (κ2) is 5.71. The van der Waals surface area contributed by atoms with E-state index in [0.29, 0.717) is 5.92 Å². The van der Waals surface area contributed by atoms with Gasteiger partial charge in [0.15, 0.2) is 0 Å². The Morgan fingerprint density at radius 1 is 1.35 bits per heavy atom. The highest BCUT2D eigenvalue weighted by atomic mass is 15.3. The van der Waals surface area contributed by atoms with Gasteiger partial charge >= 0.3 is 0 Å². The van der Waals surface area contributed by atoms with Gasteiger partial charge in [0.2, 0.25) is 0 Å². The Balaban J connectivity index is 1.68. The van der Waals surface area contributed by atoms with E-state index in [0.717, 1.165) is 31.0 Å². The Morgan fingerprint density at radius 3 is 3.00 bits per heavy atom. The molecule has 1 fully saturated rings. The molecule has 0 bridgehead atoms. The van der Waals surface area contributed by atoms with Crippen molar-refractivity contribution in [3.05, 3.63) is 41.7 Å². The van der Waals surface area contributed by atoms with Crippen molar-refractivity contribution < 1.29 is 0 Å². The first-order chi connectivity index (χ1) is 9.72. The van der Waals surface area contributed by atoms with E-state index >= 15 is 0 Å². The molecule has 0 N–H and O–H groups in total. The molecule has 1 aliphatic rings. The minimum absolute atomic E-state index is 0.583. The van der Waals surface area contributed by atoms with Crippen LogP contribution >= 0.6 is 0 Å². The lowest BCUT2D eigenvalue weighted by atomic mass is 9.94. The van der Waals surface area contributed by atoms with Gasteiger partial charge in [-0.25, -0.2) is 9.97 Å². The minimum Gasteiger partial charge on any atom is -0.297 e. The number of aromatic nitrogens is 4. The number of piperidine rings is 1. The highest BCUT2D eigenvalue weighted by molar-refractivity contribution is 5.11. The van der Waals surface area contributed by atoms with E-state index in [1.807, 2.05) is 24.9 Å². The molecule has 2 aromatic heterocycles. The maximum Gasteiger partial charge on any atom is 0.115 e. The standard InChI is InChI=1S/C15H21N5/c1-12-8-14(17-11-16-12)10-20-7-3-4-13(9-20)15-5-6-18-19(15)2/h5-6,8,11,13H,3-4,7,9-10H2,1-2H3. The number of likely N-dealkylation sites (tertiary alicyclic amines) is 1. The molecule has 1 atom stereocenters. The van der Waals surface area contributed by atoms with Crippen molar-refractivity contribution in [2.75, 3.05) is 13.1 Å². The van der Waals surface area contributed by atoms with E-state index in [-0.39, 0.29) is 0 Å². The van der Waals surface area contributed by atoms with Crippen LogP contribution in [0.3, 0.4) is 0 Å². The molecule has 5 heteroatoms. The van der Waals surface area contributed by atoms with Crippen LogP contribution in [0.4, 0.5) is 0 Å². The average Bonchev–Trinajstić information content (AvgIpc) is 2.85. The zero-order valence-corrected chi connectivity index (χ0v) is 12.2. The molecule has 1 unspecified atom stereocenters. The zero-order valence-electron chi connectivity index (χ0n) is 12.2. The van der Waals surface area contributed by atoms with E-state index in [1.54, 1.807) is 6.33 Å². The first-order valence-corrected chi connectivity index (χ1v) is 7.20. The van der Waals surface area contributed by atoms with Crippen LogP contribution in [-0.4, -0.2) is 37.7 Å². The van der Waals surface area contributed by atoms with E-state index in [2.05, 4.69) is 32.1 Å². The molecule has 1 aliphatic heterocycles. The fraction of sp³-hybridized carbons (Fsp3) is 0.533. The smallest absolute Gasteiger partial charge is 0.115 e. The van der Waals surface area contributed by atoms with Crippen LogP contribution in [0.2, 0.25) is 0 Å². The summed E-state index contributed by atoms with van der Waals surface area (Å²) >= 11 is 0. The second-order valence-electron chi connectivity index (χ2n) is 5.60. The van der Waals surface area contributed by atoms with Crippen LogP contribution in [0.25, 0.3) is 0 Å². The van der Waals surface area contributed by atoms with Crippen molar-refractivity contribution in [1.82, 2.24) is 24.6 Å². The monoisotopic (exact) mass is 271 g/mol. The summed E-state index contributed by atoms with van der Waals surface area (Å²) in [4.78, 5) is 11.0. The third-order valence-corrected chi connectivity index (χ3v) is 4.03. The van der Waals surface area contributed by atoms with Crippen LogP contribution in [0.5, 0.6) is 0 Å².